The summed E-state index contributed by atoms with van der Waals surface area (Å²) in [5, 5.41) is 3.74. The molecule has 0 bridgehead atoms. The summed E-state index contributed by atoms with van der Waals surface area (Å²) >= 11 is 0. The number of hydrogen-bond acceptors (Lipinski definition) is 2. The quantitative estimate of drug-likeness (QED) is 0.251. The number of benzene rings is 3. The van der Waals surface area contributed by atoms with E-state index < -0.39 is 5.41 Å². The van der Waals surface area contributed by atoms with Crippen LogP contribution in [0.1, 0.15) is 16.7 Å². The Morgan fingerprint density at radius 2 is 1.08 bits per heavy atom. The van der Waals surface area contributed by atoms with Crippen molar-refractivity contribution in [2.75, 3.05) is 0 Å². The van der Waals surface area contributed by atoms with Gasteiger partial charge in [-0.15, -0.1) is 0 Å². The van der Waals surface area contributed by atoms with Gasteiger partial charge in [-0.05, 0) is 41.0 Å². The third-order valence-corrected chi connectivity index (χ3v) is 4.28. The minimum absolute atomic E-state index is 0.122. The number of halogens is 2. The highest BCUT2D eigenvalue weighted by molar-refractivity contribution is 5.98. The van der Waals surface area contributed by atoms with Gasteiger partial charge in [-0.3, -0.25) is 0 Å². The number of hydrogen-bond donors (Lipinski definition) is 2. The van der Waals surface area contributed by atoms with Crippen LogP contribution in [0.25, 0.3) is 0 Å². The molecule has 0 aliphatic rings. The Hall–Kier alpha value is -3.21. The first-order valence-electron chi connectivity index (χ1n) is 7.70. The third kappa shape index (κ3) is 2.85. The Morgan fingerprint density at radius 1 is 0.680 bits per heavy atom. The Bertz CT molecular complexity index is 828. The highest BCUT2D eigenvalue weighted by atomic mass is 19.1. The lowest BCUT2D eigenvalue weighted by molar-refractivity contribution is 0.624. The molecule has 3 rings (SSSR count). The first kappa shape index (κ1) is 16.6. The topological polar surface area (TPSA) is 64.4 Å². The lowest BCUT2D eigenvalue weighted by Gasteiger charge is -2.35. The van der Waals surface area contributed by atoms with E-state index in [-0.39, 0.29) is 17.5 Å². The average molecular weight is 337 g/mol. The predicted octanol–water partition coefficient (Wildman–Crippen LogP) is 3.53. The largest absolute Gasteiger partial charge is 0.384 e. The Kier molecular flexibility index (Phi) is 4.48. The molecule has 0 aliphatic heterocycles. The molecule has 126 valence electrons. The van der Waals surface area contributed by atoms with E-state index in [9.17, 15) is 8.78 Å². The number of amidine groups is 1. The number of nitrogens with zero attached hydrogens (tertiary/aromatic N) is 1. The highest BCUT2D eigenvalue weighted by Gasteiger charge is 2.40. The smallest absolute Gasteiger partial charge is 0.139 e. The normalized spacial score (nSPS) is 12.2. The number of rotatable bonds is 4. The molecule has 25 heavy (non-hydrogen) atoms. The minimum Gasteiger partial charge on any atom is -0.384 e. The summed E-state index contributed by atoms with van der Waals surface area (Å²) < 4.78 is 27.0. The van der Waals surface area contributed by atoms with Crippen molar-refractivity contribution in [1.29, 1.82) is 0 Å². The summed E-state index contributed by atoms with van der Waals surface area (Å²) in [6.45, 7) is 0. The van der Waals surface area contributed by atoms with Crippen molar-refractivity contribution in [2.45, 2.75) is 5.41 Å². The van der Waals surface area contributed by atoms with Crippen LogP contribution in [0.4, 0.5) is 8.78 Å². The standard InChI is InChI=1S/C20H17F2N3/c21-17-10-6-15(7-11-17)20(19(23)25-24,14-4-2-1-3-5-14)16-8-12-18(22)13-9-16/h1-13H,24H2,(H2,23,25). The second-order valence-corrected chi connectivity index (χ2v) is 5.64. The van der Waals surface area contributed by atoms with Crippen molar-refractivity contribution >= 4 is 5.84 Å². The predicted molar refractivity (Wildman–Crippen MR) is 94.9 cm³/mol. The van der Waals surface area contributed by atoms with Crippen molar-refractivity contribution in [2.24, 2.45) is 16.7 Å². The van der Waals surface area contributed by atoms with E-state index in [1.165, 1.54) is 24.3 Å². The molecular weight excluding hydrogens is 320 g/mol. The lowest BCUT2D eigenvalue weighted by Crippen LogP contribution is -2.44. The molecule has 0 atom stereocenters. The van der Waals surface area contributed by atoms with Gasteiger partial charge in [0.15, 0.2) is 0 Å². The molecule has 0 fully saturated rings. The van der Waals surface area contributed by atoms with Crippen LogP contribution in [0.15, 0.2) is 84.0 Å². The van der Waals surface area contributed by atoms with Gasteiger partial charge < -0.3 is 11.6 Å². The molecule has 0 amide bonds. The zero-order valence-corrected chi connectivity index (χ0v) is 13.4. The summed E-state index contributed by atoms with van der Waals surface area (Å²) in [5.41, 5.74) is 7.35. The van der Waals surface area contributed by atoms with Gasteiger partial charge in [-0.25, -0.2) is 8.78 Å². The van der Waals surface area contributed by atoms with Gasteiger partial charge in [-0.1, -0.05) is 54.6 Å². The van der Waals surface area contributed by atoms with Gasteiger partial charge in [-0.2, -0.15) is 5.10 Å². The summed E-state index contributed by atoms with van der Waals surface area (Å²) in [6.07, 6.45) is 0. The fraction of sp³-hybridized carbons (Fsp3) is 0.0500. The van der Waals surface area contributed by atoms with Crippen molar-refractivity contribution in [3.63, 3.8) is 0 Å². The molecule has 0 aliphatic carbocycles. The fourth-order valence-electron chi connectivity index (χ4n) is 3.13. The van der Waals surface area contributed by atoms with Crippen LogP contribution < -0.4 is 11.6 Å². The van der Waals surface area contributed by atoms with Crippen molar-refractivity contribution in [1.82, 2.24) is 0 Å². The van der Waals surface area contributed by atoms with Gasteiger partial charge in [0, 0.05) is 0 Å². The SMILES string of the molecule is NN=C(N)C(c1ccccc1)(c1ccc(F)cc1)c1ccc(F)cc1. The van der Waals surface area contributed by atoms with E-state index in [0.29, 0.717) is 11.1 Å². The van der Waals surface area contributed by atoms with E-state index in [4.69, 9.17) is 11.6 Å². The average Bonchev–Trinajstić information content (AvgIpc) is 2.65. The molecule has 0 unspecified atom stereocenters. The van der Waals surface area contributed by atoms with Gasteiger partial charge in [0.2, 0.25) is 0 Å². The minimum atomic E-state index is -1.06. The molecule has 0 saturated heterocycles. The molecule has 0 aromatic heterocycles. The Balaban J connectivity index is 2.39. The maximum atomic E-state index is 13.5. The molecule has 0 spiro atoms. The van der Waals surface area contributed by atoms with E-state index in [1.807, 2.05) is 30.3 Å². The lowest BCUT2D eigenvalue weighted by atomic mass is 9.68. The summed E-state index contributed by atoms with van der Waals surface area (Å²) in [6, 6.07) is 21.3. The van der Waals surface area contributed by atoms with E-state index in [2.05, 4.69) is 5.10 Å². The molecule has 0 radical (unpaired) electrons. The van der Waals surface area contributed by atoms with Crippen LogP contribution in [-0.2, 0) is 5.41 Å². The van der Waals surface area contributed by atoms with Crippen LogP contribution in [0.5, 0.6) is 0 Å². The Morgan fingerprint density at radius 3 is 1.48 bits per heavy atom. The van der Waals surface area contributed by atoms with Crippen LogP contribution in [-0.4, -0.2) is 5.84 Å². The van der Waals surface area contributed by atoms with E-state index in [1.54, 1.807) is 24.3 Å². The molecule has 3 aromatic rings. The Labute approximate surface area is 144 Å². The van der Waals surface area contributed by atoms with Crippen molar-refractivity contribution < 1.29 is 8.78 Å². The zero-order chi connectivity index (χ0) is 17.9. The number of hydrazone groups is 1. The molecule has 0 heterocycles. The zero-order valence-electron chi connectivity index (χ0n) is 13.4. The third-order valence-electron chi connectivity index (χ3n) is 4.28. The van der Waals surface area contributed by atoms with Gasteiger partial charge in [0.1, 0.15) is 22.9 Å². The fourth-order valence-corrected chi connectivity index (χ4v) is 3.13. The van der Waals surface area contributed by atoms with Crippen LogP contribution in [0.3, 0.4) is 0 Å². The number of nitrogens with two attached hydrogens (primary N) is 2. The van der Waals surface area contributed by atoms with Crippen LogP contribution in [0, 0.1) is 11.6 Å². The monoisotopic (exact) mass is 337 g/mol. The van der Waals surface area contributed by atoms with Crippen molar-refractivity contribution in [3.05, 3.63) is 107 Å². The maximum absolute atomic E-state index is 13.5. The van der Waals surface area contributed by atoms with Crippen LogP contribution in [0.2, 0.25) is 0 Å². The van der Waals surface area contributed by atoms with E-state index in [0.717, 1.165) is 5.56 Å². The summed E-state index contributed by atoms with van der Waals surface area (Å²) in [5.74, 6) is 4.93. The summed E-state index contributed by atoms with van der Waals surface area (Å²) in [4.78, 5) is 0. The highest BCUT2D eigenvalue weighted by Crippen LogP contribution is 2.39. The second-order valence-electron chi connectivity index (χ2n) is 5.64. The second kappa shape index (κ2) is 6.73. The summed E-state index contributed by atoms with van der Waals surface area (Å²) in [7, 11) is 0. The molecule has 4 N–H and O–H groups in total. The molecule has 0 saturated carbocycles. The molecular formula is C20H17F2N3. The maximum Gasteiger partial charge on any atom is 0.139 e. The first-order valence-corrected chi connectivity index (χ1v) is 7.70. The first-order chi connectivity index (χ1) is 12.1. The van der Waals surface area contributed by atoms with Crippen LogP contribution >= 0.6 is 0 Å². The van der Waals surface area contributed by atoms with Crippen molar-refractivity contribution in [3.8, 4) is 0 Å². The van der Waals surface area contributed by atoms with Gasteiger partial charge >= 0.3 is 0 Å². The van der Waals surface area contributed by atoms with E-state index >= 15 is 0 Å². The molecule has 3 aromatic carbocycles. The molecule has 5 heteroatoms. The van der Waals surface area contributed by atoms with Gasteiger partial charge in [0.05, 0.1) is 0 Å². The molecule has 3 nitrogen and oxygen atoms in total. The van der Waals surface area contributed by atoms with Gasteiger partial charge in [0.25, 0.3) is 0 Å².